The van der Waals surface area contributed by atoms with Gasteiger partial charge in [-0.25, -0.2) is 0 Å². The molecule has 0 fully saturated rings. The Morgan fingerprint density at radius 3 is 2.17 bits per heavy atom. The van der Waals surface area contributed by atoms with Crippen LogP contribution in [0.5, 0.6) is 0 Å². The van der Waals surface area contributed by atoms with Gasteiger partial charge in [0.05, 0.1) is 0 Å². The lowest BCUT2D eigenvalue weighted by atomic mass is 10.1. The molecule has 0 aliphatic heterocycles. The Hall–Kier alpha value is -3.15. The summed E-state index contributed by atoms with van der Waals surface area (Å²) in [5, 5.41) is 2.66. The predicted octanol–water partition coefficient (Wildman–Crippen LogP) is 2.34. The van der Waals surface area contributed by atoms with E-state index in [0.717, 1.165) is 11.1 Å². The molecule has 0 radical (unpaired) electrons. The summed E-state index contributed by atoms with van der Waals surface area (Å²) >= 11 is 0. The number of nitrogens with one attached hydrogen (secondary N) is 3. The second kappa shape index (κ2) is 7.41. The van der Waals surface area contributed by atoms with E-state index in [1.54, 1.807) is 30.3 Å². The summed E-state index contributed by atoms with van der Waals surface area (Å²) in [6.07, 6.45) is 0. The van der Waals surface area contributed by atoms with Crippen LogP contribution < -0.4 is 16.2 Å². The molecular formula is C18H19N3O3. The van der Waals surface area contributed by atoms with Crippen molar-refractivity contribution in [2.24, 2.45) is 0 Å². The fraction of sp³-hybridized carbons (Fsp3) is 0.167. The average molecular weight is 325 g/mol. The third-order valence-corrected chi connectivity index (χ3v) is 3.49. The minimum atomic E-state index is -0.469. The van der Waals surface area contributed by atoms with Crippen molar-refractivity contribution in [3.05, 3.63) is 64.7 Å². The molecule has 0 aliphatic rings. The quantitative estimate of drug-likeness (QED) is 0.757. The smallest absolute Gasteiger partial charge is 0.269 e. The SMILES string of the molecule is CC(=O)Nc1cc(C(=O)NNC(=O)c2ccccc2C)ccc1C. The predicted molar refractivity (Wildman–Crippen MR) is 91.6 cm³/mol. The lowest BCUT2D eigenvalue weighted by Gasteiger charge is -2.11. The van der Waals surface area contributed by atoms with E-state index in [0.29, 0.717) is 16.8 Å². The molecule has 0 aromatic heterocycles. The minimum absolute atomic E-state index is 0.219. The molecule has 24 heavy (non-hydrogen) atoms. The molecule has 0 saturated heterocycles. The Labute approximate surface area is 140 Å². The zero-order valence-corrected chi connectivity index (χ0v) is 13.8. The van der Waals surface area contributed by atoms with Gasteiger partial charge in [-0.3, -0.25) is 25.2 Å². The highest BCUT2D eigenvalue weighted by Gasteiger charge is 2.12. The number of rotatable bonds is 3. The molecule has 0 unspecified atom stereocenters. The van der Waals surface area contributed by atoms with Crippen molar-refractivity contribution in [3.8, 4) is 0 Å². The zero-order chi connectivity index (χ0) is 17.7. The van der Waals surface area contributed by atoms with Gasteiger partial charge in [-0.1, -0.05) is 24.3 Å². The molecule has 2 aromatic rings. The van der Waals surface area contributed by atoms with Crippen LogP contribution in [0, 0.1) is 13.8 Å². The van der Waals surface area contributed by atoms with Crippen LogP contribution in [-0.4, -0.2) is 17.7 Å². The van der Waals surface area contributed by atoms with Gasteiger partial charge >= 0.3 is 0 Å². The summed E-state index contributed by atoms with van der Waals surface area (Å²) < 4.78 is 0. The van der Waals surface area contributed by atoms with Crippen LogP contribution in [0.4, 0.5) is 5.69 Å². The van der Waals surface area contributed by atoms with Crippen molar-refractivity contribution in [1.82, 2.24) is 10.9 Å². The number of amides is 3. The minimum Gasteiger partial charge on any atom is -0.326 e. The van der Waals surface area contributed by atoms with E-state index in [9.17, 15) is 14.4 Å². The van der Waals surface area contributed by atoms with Gasteiger partial charge in [0.25, 0.3) is 11.8 Å². The van der Waals surface area contributed by atoms with Crippen LogP contribution in [0.15, 0.2) is 42.5 Å². The highest BCUT2D eigenvalue weighted by molar-refractivity contribution is 6.00. The van der Waals surface area contributed by atoms with E-state index in [-0.39, 0.29) is 5.91 Å². The standard InChI is InChI=1S/C18H19N3O3/c1-11-6-4-5-7-15(11)18(24)21-20-17(23)14-9-8-12(2)16(10-14)19-13(3)22/h4-10H,1-3H3,(H,19,22)(H,20,23)(H,21,24). The highest BCUT2D eigenvalue weighted by Crippen LogP contribution is 2.16. The van der Waals surface area contributed by atoms with Gasteiger partial charge in [0.1, 0.15) is 0 Å². The first-order chi connectivity index (χ1) is 11.4. The lowest BCUT2D eigenvalue weighted by Crippen LogP contribution is -2.41. The number of carbonyl (C=O) groups excluding carboxylic acids is 3. The van der Waals surface area contributed by atoms with Gasteiger partial charge in [0, 0.05) is 23.7 Å². The monoisotopic (exact) mass is 325 g/mol. The van der Waals surface area contributed by atoms with Crippen molar-refractivity contribution in [2.75, 3.05) is 5.32 Å². The van der Waals surface area contributed by atoms with E-state index in [1.165, 1.54) is 6.92 Å². The number of hydrogen-bond acceptors (Lipinski definition) is 3. The molecule has 124 valence electrons. The summed E-state index contributed by atoms with van der Waals surface area (Å²) in [6, 6.07) is 12.0. The van der Waals surface area contributed by atoms with Gasteiger partial charge < -0.3 is 5.32 Å². The number of benzene rings is 2. The van der Waals surface area contributed by atoms with Crippen LogP contribution in [0.3, 0.4) is 0 Å². The van der Waals surface area contributed by atoms with Crippen molar-refractivity contribution in [2.45, 2.75) is 20.8 Å². The maximum atomic E-state index is 12.2. The van der Waals surface area contributed by atoms with E-state index in [1.807, 2.05) is 26.0 Å². The molecule has 0 spiro atoms. The Morgan fingerprint density at radius 2 is 1.50 bits per heavy atom. The number of anilines is 1. The van der Waals surface area contributed by atoms with Gasteiger partial charge in [0.2, 0.25) is 5.91 Å². The number of aryl methyl sites for hydroxylation is 2. The third-order valence-electron chi connectivity index (χ3n) is 3.49. The molecule has 0 aliphatic carbocycles. The second-order valence-electron chi connectivity index (χ2n) is 5.43. The zero-order valence-electron chi connectivity index (χ0n) is 13.8. The molecule has 6 nitrogen and oxygen atoms in total. The molecular weight excluding hydrogens is 306 g/mol. The van der Waals surface area contributed by atoms with Crippen molar-refractivity contribution < 1.29 is 14.4 Å². The molecule has 0 bridgehead atoms. The fourth-order valence-corrected chi connectivity index (χ4v) is 2.17. The molecule has 0 atom stereocenters. The van der Waals surface area contributed by atoms with E-state index < -0.39 is 11.8 Å². The van der Waals surface area contributed by atoms with Crippen LogP contribution in [0.1, 0.15) is 38.8 Å². The topological polar surface area (TPSA) is 87.3 Å². The van der Waals surface area contributed by atoms with Crippen molar-refractivity contribution in [3.63, 3.8) is 0 Å². The van der Waals surface area contributed by atoms with E-state index >= 15 is 0 Å². The third kappa shape index (κ3) is 4.19. The second-order valence-corrected chi connectivity index (χ2v) is 5.43. The van der Waals surface area contributed by atoms with Crippen LogP contribution in [-0.2, 0) is 4.79 Å². The van der Waals surface area contributed by atoms with E-state index in [2.05, 4.69) is 16.2 Å². The average Bonchev–Trinajstić information content (AvgIpc) is 2.54. The maximum absolute atomic E-state index is 12.2. The van der Waals surface area contributed by atoms with Crippen molar-refractivity contribution in [1.29, 1.82) is 0 Å². The summed E-state index contributed by atoms with van der Waals surface area (Å²) in [4.78, 5) is 35.4. The number of hydrogen-bond donors (Lipinski definition) is 3. The van der Waals surface area contributed by atoms with Gasteiger partial charge in [-0.2, -0.15) is 0 Å². The van der Waals surface area contributed by atoms with Gasteiger partial charge in [-0.15, -0.1) is 0 Å². The molecule has 0 saturated carbocycles. The molecule has 2 rings (SSSR count). The van der Waals surface area contributed by atoms with Gasteiger partial charge in [0.15, 0.2) is 0 Å². The van der Waals surface area contributed by atoms with Crippen LogP contribution >= 0.6 is 0 Å². The summed E-state index contributed by atoms with van der Waals surface area (Å²) in [5.41, 5.74) is 7.78. The summed E-state index contributed by atoms with van der Waals surface area (Å²) in [6.45, 7) is 5.04. The summed E-state index contributed by atoms with van der Waals surface area (Å²) in [7, 11) is 0. The van der Waals surface area contributed by atoms with Crippen LogP contribution in [0.2, 0.25) is 0 Å². The van der Waals surface area contributed by atoms with Crippen LogP contribution in [0.25, 0.3) is 0 Å². The lowest BCUT2D eigenvalue weighted by molar-refractivity contribution is -0.114. The molecule has 0 heterocycles. The molecule has 3 N–H and O–H groups in total. The normalized spacial score (nSPS) is 9.96. The Morgan fingerprint density at radius 1 is 0.833 bits per heavy atom. The Balaban J connectivity index is 2.06. The maximum Gasteiger partial charge on any atom is 0.269 e. The van der Waals surface area contributed by atoms with Gasteiger partial charge in [-0.05, 0) is 43.2 Å². The first kappa shape index (κ1) is 17.2. The Bertz CT molecular complexity index is 800. The molecule has 6 heteroatoms. The number of carbonyl (C=O) groups is 3. The highest BCUT2D eigenvalue weighted by atomic mass is 16.2. The fourth-order valence-electron chi connectivity index (χ4n) is 2.17. The Kier molecular flexibility index (Phi) is 5.31. The summed E-state index contributed by atoms with van der Waals surface area (Å²) in [5.74, 6) is -1.08. The number of hydrazine groups is 1. The first-order valence-electron chi connectivity index (χ1n) is 7.43. The molecule has 3 amide bonds. The largest absolute Gasteiger partial charge is 0.326 e. The first-order valence-corrected chi connectivity index (χ1v) is 7.43. The molecule has 2 aromatic carbocycles. The van der Waals surface area contributed by atoms with Crippen molar-refractivity contribution >= 4 is 23.4 Å². The van der Waals surface area contributed by atoms with E-state index in [4.69, 9.17) is 0 Å².